The molecule has 1 aromatic heterocycles. The van der Waals surface area contributed by atoms with Crippen LogP contribution in [0.3, 0.4) is 0 Å². The van der Waals surface area contributed by atoms with Crippen LogP contribution < -0.4 is 0 Å². The SMILES string of the molecule is CCOC(=O)/C(=C/O)c1ccncn1. The lowest BCUT2D eigenvalue weighted by molar-refractivity contribution is -0.136. The highest BCUT2D eigenvalue weighted by Gasteiger charge is 2.13. The van der Waals surface area contributed by atoms with Gasteiger partial charge in [0.15, 0.2) is 0 Å². The minimum absolute atomic E-state index is 0.0225. The molecule has 1 N–H and O–H groups in total. The Morgan fingerprint density at radius 1 is 1.71 bits per heavy atom. The minimum atomic E-state index is -0.603. The second-order valence-corrected chi connectivity index (χ2v) is 2.36. The summed E-state index contributed by atoms with van der Waals surface area (Å²) in [7, 11) is 0. The third-order valence-corrected chi connectivity index (χ3v) is 1.48. The maximum absolute atomic E-state index is 11.3. The van der Waals surface area contributed by atoms with Crippen molar-refractivity contribution < 1.29 is 14.6 Å². The highest BCUT2D eigenvalue weighted by molar-refractivity contribution is 6.15. The summed E-state index contributed by atoms with van der Waals surface area (Å²) in [4.78, 5) is 18.8. The molecule has 5 heteroatoms. The van der Waals surface area contributed by atoms with Gasteiger partial charge in [0.1, 0.15) is 11.9 Å². The lowest BCUT2D eigenvalue weighted by Gasteiger charge is -2.03. The number of esters is 1. The van der Waals surface area contributed by atoms with Gasteiger partial charge >= 0.3 is 5.97 Å². The number of aliphatic hydroxyl groups is 1. The number of hydrogen-bond donors (Lipinski definition) is 1. The van der Waals surface area contributed by atoms with E-state index in [1.807, 2.05) is 0 Å². The van der Waals surface area contributed by atoms with Crippen LogP contribution in [0.2, 0.25) is 0 Å². The van der Waals surface area contributed by atoms with E-state index in [2.05, 4.69) is 9.97 Å². The maximum atomic E-state index is 11.3. The van der Waals surface area contributed by atoms with Gasteiger partial charge in [0, 0.05) is 6.20 Å². The summed E-state index contributed by atoms with van der Waals surface area (Å²) >= 11 is 0. The summed E-state index contributed by atoms with van der Waals surface area (Å²) in [5, 5.41) is 8.85. The third-order valence-electron chi connectivity index (χ3n) is 1.48. The van der Waals surface area contributed by atoms with E-state index >= 15 is 0 Å². The zero-order valence-electron chi connectivity index (χ0n) is 7.67. The summed E-state index contributed by atoms with van der Waals surface area (Å²) in [6.07, 6.45) is 3.45. The Hall–Kier alpha value is -1.91. The van der Waals surface area contributed by atoms with Gasteiger partial charge in [-0.25, -0.2) is 14.8 Å². The van der Waals surface area contributed by atoms with Crippen molar-refractivity contribution in [1.82, 2.24) is 9.97 Å². The van der Waals surface area contributed by atoms with Crippen LogP contribution in [-0.2, 0) is 9.53 Å². The second-order valence-electron chi connectivity index (χ2n) is 2.36. The predicted octanol–water partition coefficient (Wildman–Crippen LogP) is 0.939. The van der Waals surface area contributed by atoms with E-state index in [-0.39, 0.29) is 12.2 Å². The Morgan fingerprint density at radius 3 is 3.00 bits per heavy atom. The van der Waals surface area contributed by atoms with Crippen molar-refractivity contribution >= 4 is 11.5 Å². The van der Waals surface area contributed by atoms with Crippen LogP contribution >= 0.6 is 0 Å². The molecular formula is C9H10N2O3. The highest BCUT2D eigenvalue weighted by Crippen LogP contribution is 2.11. The summed E-state index contributed by atoms with van der Waals surface area (Å²) in [5.74, 6) is -0.603. The fourth-order valence-electron chi connectivity index (χ4n) is 0.882. The number of ether oxygens (including phenoxy) is 1. The van der Waals surface area contributed by atoms with Crippen LogP contribution in [0.25, 0.3) is 5.57 Å². The molecule has 0 amide bonds. The summed E-state index contributed by atoms with van der Waals surface area (Å²) in [6.45, 7) is 1.94. The first-order chi connectivity index (χ1) is 6.79. The Bertz CT molecular complexity index is 335. The van der Waals surface area contributed by atoms with Gasteiger partial charge in [0.05, 0.1) is 18.6 Å². The van der Waals surface area contributed by atoms with Gasteiger partial charge in [-0.2, -0.15) is 0 Å². The summed E-state index contributed by atoms with van der Waals surface area (Å²) in [5.41, 5.74) is 0.357. The fourth-order valence-corrected chi connectivity index (χ4v) is 0.882. The topological polar surface area (TPSA) is 72.3 Å². The molecule has 0 saturated carbocycles. The predicted molar refractivity (Wildman–Crippen MR) is 49.3 cm³/mol. The van der Waals surface area contributed by atoms with Crippen molar-refractivity contribution in [3.63, 3.8) is 0 Å². The molecule has 14 heavy (non-hydrogen) atoms. The molecule has 0 saturated heterocycles. The Kier molecular flexibility index (Phi) is 3.60. The average Bonchev–Trinajstić information content (AvgIpc) is 2.21. The van der Waals surface area contributed by atoms with Crippen molar-refractivity contribution in [2.75, 3.05) is 6.61 Å². The molecule has 0 fully saturated rings. The number of hydrogen-bond acceptors (Lipinski definition) is 5. The number of aliphatic hydroxyl groups excluding tert-OH is 1. The van der Waals surface area contributed by atoms with Crippen LogP contribution in [0.5, 0.6) is 0 Å². The molecule has 0 radical (unpaired) electrons. The molecule has 1 aromatic rings. The molecular weight excluding hydrogens is 184 g/mol. The lowest BCUT2D eigenvalue weighted by atomic mass is 10.2. The molecule has 0 atom stereocenters. The molecule has 74 valence electrons. The van der Waals surface area contributed by atoms with E-state index in [0.29, 0.717) is 12.0 Å². The zero-order valence-corrected chi connectivity index (χ0v) is 7.67. The van der Waals surface area contributed by atoms with Crippen LogP contribution in [0.1, 0.15) is 12.6 Å². The molecule has 5 nitrogen and oxygen atoms in total. The van der Waals surface area contributed by atoms with Gasteiger partial charge in [-0.15, -0.1) is 0 Å². The van der Waals surface area contributed by atoms with E-state index < -0.39 is 5.97 Å². The van der Waals surface area contributed by atoms with Gasteiger partial charge in [-0.1, -0.05) is 0 Å². The first-order valence-electron chi connectivity index (χ1n) is 4.07. The van der Waals surface area contributed by atoms with Crippen molar-refractivity contribution in [1.29, 1.82) is 0 Å². The highest BCUT2D eigenvalue weighted by atomic mass is 16.5. The Labute approximate surface area is 81.1 Å². The van der Waals surface area contributed by atoms with E-state index in [4.69, 9.17) is 9.84 Å². The van der Waals surface area contributed by atoms with E-state index in [0.717, 1.165) is 0 Å². The first kappa shape index (κ1) is 10.2. The fraction of sp³-hybridized carbons (Fsp3) is 0.222. The van der Waals surface area contributed by atoms with Crippen LogP contribution in [0.4, 0.5) is 0 Å². The van der Waals surface area contributed by atoms with E-state index in [1.165, 1.54) is 18.6 Å². The van der Waals surface area contributed by atoms with Gasteiger partial charge < -0.3 is 9.84 Å². The van der Waals surface area contributed by atoms with E-state index in [9.17, 15) is 4.79 Å². The number of rotatable bonds is 3. The van der Waals surface area contributed by atoms with Crippen molar-refractivity contribution in [3.05, 3.63) is 30.5 Å². The van der Waals surface area contributed by atoms with Gasteiger partial charge in [0.2, 0.25) is 0 Å². The number of aromatic nitrogens is 2. The van der Waals surface area contributed by atoms with Crippen molar-refractivity contribution in [2.24, 2.45) is 0 Å². The van der Waals surface area contributed by atoms with Gasteiger partial charge in [-0.3, -0.25) is 0 Å². The zero-order chi connectivity index (χ0) is 10.4. The summed E-state index contributed by atoms with van der Waals surface area (Å²) in [6, 6.07) is 1.51. The average molecular weight is 194 g/mol. The van der Waals surface area contributed by atoms with Crippen LogP contribution in [0, 0.1) is 0 Å². The van der Waals surface area contributed by atoms with Gasteiger partial charge in [-0.05, 0) is 13.0 Å². The molecule has 1 rings (SSSR count). The second kappa shape index (κ2) is 4.96. The molecule has 0 bridgehead atoms. The smallest absolute Gasteiger partial charge is 0.343 e. The minimum Gasteiger partial charge on any atom is -0.515 e. The van der Waals surface area contributed by atoms with Crippen LogP contribution in [0.15, 0.2) is 24.9 Å². The van der Waals surface area contributed by atoms with Crippen molar-refractivity contribution in [3.8, 4) is 0 Å². The molecule has 1 heterocycles. The van der Waals surface area contributed by atoms with Crippen molar-refractivity contribution in [2.45, 2.75) is 6.92 Å². The van der Waals surface area contributed by atoms with Gasteiger partial charge in [0.25, 0.3) is 0 Å². The first-order valence-corrected chi connectivity index (χ1v) is 4.07. The number of nitrogens with zero attached hydrogens (tertiary/aromatic N) is 2. The molecule has 0 spiro atoms. The molecule has 0 aliphatic rings. The standard InChI is InChI=1S/C9H10N2O3/c1-2-14-9(13)7(5-12)8-3-4-10-6-11-8/h3-6,12H,2H2,1H3/b7-5+. The lowest BCUT2D eigenvalue weighted by Crippen LogP contribution is -2.08. The third kappa shape index (κ3) is 2.29. The van der Waals surface area contributed by atoms with Crippen LogP contribution in [-0.4, -0.2) is 27.7 Å². The molecule has 0 aliphatic carbocycles. The molecule has 0 aliphatic heterocycles. The number of carbonyl (C=O) groups excluding carboxylic acids is 1. The Balaban J connectivity index is 2.89. The number of carbonyl (C=O) groups is 1. The molecule has 0 aromatic carbocycles. The normalized spacial score (nSPS) is 11.1. The largest absolute Gasteiger partial charge is 0.515 e. The quantitative estimate of drug-likeness (QED) is 0.440. The summed E-state index contributed by atoms with van der Waals surface area (Å²) < 4.78 is 4.72. The monoisotopic (exact) mass is 194 g/mol. The maximum Gasteiger partial charge on any atom is 0.343 e. The van der Waals surface area contributed by atoms with E-state index in [1.54, 1.807) is 6.92 Å². The Morgan fingerprint density at radius 2 is 2.50 bits per heavy atom. The molecule has 0 unspecified atom stereocenters.